The zero-order valence-corrected chi connectivity index (χ0v) is 23.3. The molecule has 2 unspecified atom stereocenters. The highest BCUT2D eigenvalue weighted by atomic mass is 16.6. The Hall–Kier alpha value is -2.08. The lowest BCUT2D eigenvalue weighted by Crippen LogP contribution is -2.50. The Balaban J connectivity index is 5.55. The molecule has 0 N–H and O–H groups in total. The van der Waals surface area contributed by atoms with E-state index in [-0.39, 0.29) is 24.7 Å². The molecule has 0 aromatic rings. The van der Waals surface area contributed by atoms with Crippen LogP contribution in [0.3, 0.4) is 0 Å². The van der Waals surface area contributed by atoms with E-state index < -0.39 is 34.0 Å². The van der Waals surface area contributed by atoms with Gasteiger partial charge in [0, 0.05) is 0 Å². The molecule has 0 bridgehead atoms. The molecule has 0 radical (unpaired) electrons. The largest absolute Gasteiger partial charge is 0.457 e. The number of hydrogen-bond donors (Lipinski definition) is 0. The van der Waals surface area contributed by atoms with Crippen LogP contribution in [0.4, 0.5) is 0 Å². The fraction of sp³-hybridized carbons (Fsp3) is 0.857. The lowest BCUT2D eigenvalue weighted by molar-refractivity contribution is -0.181. The number of carbonyl (C=O) groups excluding carboxylic acids is 2. The monoisotopic (exact) mass is 476 g/mol. The van der Waals surface area contributed by atoms with Gasteiger partial charge in [0.25, 0.3) is 0 Å². The third kappa shape index (κ3) is 7.21. The Morgan fingerprint density at radius 2 is 0.941 bits per heavy atom. The van der Waals surface area contributed by atoms with Gasteiger partial charge in [0.1, 0.15) is 11.2 Å². The van der Waals surface area contributed by atoms with Crippen LogP contribution in [0, 0.1) is 45.3 Å². The van der Waals surface area contributed by atoms with Crippen molar-refractivity contribution in [2.24, 2.45) is 22.7 Å². The molecular formula is C28H48N2O4. The summed E-state index contributed by atoms with van der Waals surface area (Å²) < 4.78 is 11.9. The highest BCUT2D eigenvalue weighted by Crippen LogP contribution is 2.46. The molecule has 0 rings (SSSR count). The SMILES string of the molecule is CCC(CC)(OC(=O)CCC(=O)OC(CC)(CC)C(C)(C#N)CC(C)C)C(C)(C#N)CC(C)C. The van der Waals surface area contributed by atoms with Crippen molar-refractivity contribution in [3.63, 3.8) is 0 Å². The Kier molecular flexibility index (Phi) is 12.3. The predicted molar refractivity (Wildman–Crippen MR) is 134 cm³/mol. The molecule has 6 heteroatoms. The van der Waals surface area contributed by atoms with Gasteiger partial charge in [0.05, 0.1) is 35.8 Å². The molecule has 6 nitrogen and oxygen atoms in total. The molecule has 0 aromatic carbocycles. The minimum absolute atomic E-state index is 0.124. The first-order chi connectivity index (χ1) is 15.7. The maximum Gasteiger partial charge on any atom is 0.306 e. The Labute approximate surface area is 208 Å². The van der Waals surface area contributed by atoms with E-state index >= 15 is 0 Å². The Bertz CT molecular complexity index is 689. The van der Waals surface area contributed by atoms with Gasteiger partial charge in [-0.25, -0.2) is 0 Å². The van der Waals surface area contributed by atoms with E-state index in [4.69, 9.17) is 9.47 Å². The second kappa shape index (κ2) is 13.1. The topological polar surface area (TPSA) is 100 Å². The molecule has 0 saturated carbocycles. The minimum Gasteiger partial charge on any atom is -0.457 e. The summed E-state index contributed by atoms with van der Waals surface area (Å²) in [7, 11) is 0. The molecule has 0 spiro atoms. The first-order valence-electron chi connectivity index (χ1n) is 13.0. The smallest absolute Gasteiger partial charge is 0.306 e. The van der Waals surface area contributed by atoms with E-state index in [2.05, 4.69) is 12.1 Å². The van der Waals surface area contributed by atoms with Crippen LogP contribution in [0.25, 0.3) is 0 Å². The van der Waals surface area contributed by atoms with Gasteiger partial charge in [-0.05, 0) is 64.2 Å². The Morgan fingerprint density at radius 1 is 0.676 bits per heavy atom. The molecule has 0 aromatic heterocycles. The molecule has 0 fully saturated rings. The standard InChI is InChI=1S/C28H48N2O4/c1-11-27(12-2,25(9,19-29)17-21(5)6)33-23(31)15-16-24(32)34-28(13-3,14-4)26(10,20-30)18-22(7)8/h21-22H,11-18H2,1-10H3. The summed E-state index contributed by atoms with van der Waals surface area (Å²) in [6.45, 7) is 19.6. The molecule has 194 valence electrons. The Morgan fingerprint density at radius 3 is 1.12 bits per heavy atom. The lowest BCUT2D eigenvalue weighted by Gasteiger charge is -2.44. The normalized spacial score (nSPS) is 15.7. The van der Waals surface area contributed by atoms with Crippen molar-refractivity contribution in [1.82, 2.24) is 0 Å². The van der Waals surface area contributed by atoms with Gasteiger partial charge in [-0.2, -0.15) is 10.5 Å². The van der Waals surface area contributed by atoms with Crippen LogP contribution < -0.4 is 0 Å². The van der Waals surface area contributed by atoms with Crippen molar-refractivity contribution in [2.75, 3.05) is 0 Å². The first kappa shape index (κ1) is 31.9. The van der Waals surface area contributed by atoms with Crippen LogP contribution in [0.1, 0.15) is 121 Å². The van der Waals surface area contributed by atoms with Gasteiger partial charge in [0.2, 0.25) is 0 Å². The summed E-state index contributed by atoms with van der Waals surface area (Å²) in [6.07, 6.45) is 3.03. The zero-order chi connectivity index (χ0) is 26.8. The molecule has 0 aliphatic rings. The van der Waals surface area contributed by atoms with E-state index in [1.54, 1.807) is 0 Å². The second-order valence-electron chi connectivity index (χ2n) is 10.9. The number of nitrogens with zero attached hydrogens (tertiary/aromatic N) is 2. The molecule has 0 saturated heterocycles. The van der Waals surface area contributed by atoms with Gasteiger partial charge >= 0.3 is 11.9 Å². The van der Waals surface area contributed by atoms with Crippen LogP contribution in [-0.2, 0) is 19.1 Å². The summed E-state index contributed by atoms with van der Waals surface area (Å²) in [5, 5.41) is 19.9. The lowest BCUT2D eigenvalue weighted by atomic mass is 9.67. The van der Waals surface area contributed by atoms with Gasteiger partial charge in [0.15, 0.2) is 0 Å². The van der Waals surface area contributed by atoms with Crippen LogP contribution in [0.5, 0.6) is 0 Å². The number of carbonyl (C=O) groups is 2. The van der Waals surface area contributed by atoms with Crippen LogP contribution in [0.2, 0.25) is 0 Å². The predicted octanol–water partition coefficient (Wildman–Crippen LogP) is 7.12. The molecular weight excluding hydrogens is 428 g/mol. The summed E-state index contributed by atoms with van der Waals surface area (Å²) in [5.74, 6) is -0.469. The minimum atomic E-state index is -0.916. The summed E-state index contributed by atoms with van der Waals surface area (Å²) in [5.41, 5.74) is -3.49. The number of nitriles is 2. The first-order valence-corrected chi connectivity index (χ1v) is 13.0. The van der Waals surface area contributed by atoms with Crippen molar-refractivity contribution in [3.05, 3.63) is 0 Å². The molecule has 0 amide bonds. The number of ether oxygens (including phenoxy) is 2. The average molecular weight is 477 g/mol. The average Bonchev–Trinajstić information content (AvgIpc) is 2.78. The fourth-order valence-corrected chi connectivity index (χ4v) is 5.62. The van der Waals surface area contributed by atoms with E-state index in [1.807, 2.05) is 69.2 Å². The maximum atomic E-state index is 12.8. The van der Waals surface area contributed by atoms with Crippen molar-refractivity contribution in [1.29, 1.82) is 10.5 Å². The molecule has 0 heterocycles. The molecule has 2 atom stereocenters. The zero-order valence-electron chi connectivity index (χ0n) is 23.3. The third-order valence-corrected chi connectivity index (χ3v) is 7.57. The second-order valence-corrected chi connectivity index (χ2v) is 10.9. The van der Waals surface area contributed by atoms with Gasteiger partial charge in [-0.3, -0.25) is 9.59 Å². The van der Waals surface area contributed by atoms with Gasteiger partial charge in [-0.15, -0.1) is 0 Å². The maximum absolute atomic E-state index is 12.8. The van der Waals surface area contributed by atoms with Crippen molar-refractivity contribution in [3.8, 4) is 12.1 Å². The van der Waals surface area contributed by atoms with E-state index in [9.17, 15) is 20.1 Å². The molecule has 0 aliphatic heterocycles. The quantitative estimate of drug-likeness (QED) is 0.233. The van der Waals surface area contributed by atoms with Crippen LogP contribution in [0.15, 0.2) is 0 Å². The summed E-state index contributed by atoms with van der Waals surface area (Å²) in [6, 6.07) is 4.82. The van der Waals surface area contributed by atoms with Crippen LogP contribution >= 0.6 is 0 Å². The van der Waals surface area contributed by atoms with E-state index in [1.165, 1.54) is 0 Å². The van der Waals surface area contributed by atoms with Crippen molar-refractivity contribution >= 4 is 11.9 Å². The number of rotatable bonds is 15. The van der Waals surface area contributed by atoms with Gasteiger partial charge < -0.3 is 9.47 Å². The van der Waals surface area contributed by atoms with Crippen LogP contribution in [-0.4, -0.2) is 23.1 Å². The fourth-order valence-electron chi connectivity index (χ4n) is 5.62. The van der Waals surface area contributed by atoms with E-state index in [0.29, 0.717) is 38.5 Å². The summed E-state index contributed by atoms with van der Waals surface area (Å²) >= 11 is 0. The number of hydrogen-bond acceptors (Lipinski definition) is 6. The third-order valence-electron chi connectivity index (χ3n) is 7.57. The highest BCUT2D eigenvalue weighted by molar-refractivity contribution is 5.78. The number of esters is 2. The summed E-state index contributed by atoms with van der Waals surface area (Å²) in [4.78, 5) is 25.7. The molecule has 0 aliphatic carbocycles. The van der Waals surface area contributed by atoms with E-state index in [0.717, 1.165) is 0 Å². The highest BCUT2D eigenvalue weighted by Gasteiger charge is 2.51. The van der Waals surface area contributed by atoms with Crippen molar-refractivity contribution in [2.45, 2.75) is 132 Å². The van der Waals surface area contributed by atoms with Gasteiger partial charge in [-0.1, -0.05) is 55.4 Å². The van der Waals surface area contributed by atoms with Crippen molar-refractivity contribution < 1.29 is 19.1 Å². The molecule has 34 heavy (non-hydrogen) atoms.